The van der Waals surface area contributed by atoms with E-state index in [1.807, 2.05) is 20.8 Å². The highest BCUT2D eigenvalue weighted by Crippen LogP contribution is 2.36. The first-order valence-electron chi connectivity index (χ1n) is 7.63. The Labute approximate surface area is 127 Å². The first-order valence-corrected chi connectivity index (χ1v) is 7.63. The van der Waals surface area contributed by atoms with E-state index in [0.717, 1.165) is 12.8 Å². The Morgan fingerprint density at radius 2 is 2.05 bits per heavy atom. The third-order valence-corrected chi connectivity index (χ3v) is 3.43. The van der Waals surface area contributed by atoms with Crippen LogP contribution in [0.3, 0.4) is 0 Å². The van der Waals surface area contributed by atoms with E-state index in [4.69, 9.17) is 9.57 Å². The van der Waals surface area contributed by atoms with Crippen molar-refractivity contribution in [3.05, 3.63) is 11.3 Å². The first-order chi connectivity index (χ1) is 9.91. The van der Waals surface area contributed by atoms with Gasteiger partial charge in [-0.3, -0.25) is 4.79 Å². The molecule has 0 unspecified atom stereocenters. The summed E-state index contributed by atoms with van der Waals surface area (Å²) in [6.07, 6.45) is 3.47. The van der Waals surface area contributed by atoms with Crippen molar-refractivity contribution in [3.8, 4) is 0 Å². The average Bonchev–Trinajstić information content (AvgIpc) is 2.38. The minimum Gasteiger partial charge on any atom is -0.511 e. The Bertz CT molecular complexity index is 424. The summed E-state index contributed by atoms with van der Waals surface area (Å²) < 4.78 is 5.25. The van der Waals surface area contributed by atoms with Gasteiger partial charge in [0.05, 0.1) is 17.9 Å². The van der Waals surface area contributed by atoms with Crippen LogP contribution in [-0.4, -0.2) is 30.0 Å². The fourth-order valence-electron chi connectivity index (χ4n) is 2.35. The summed E-state index contributed by atoms with van der Waals surface area (Å²) >= 11 is 0. The quantitative estimate of drug-likeness (QED) is 0.321. The second-order valence-electron chi connectivity index (χ2n) is 6.16. The number of rotatable bonds is 8. The molecule has 0 atom stereocenters. The average molecular weight is 297 g/mol. The van der Waals surface area contributed by atoms with E-state index in [2.05, 4.69) is 12.1 Å². The largest absolute Gasteiger partial charge is 0.511 e. The molecule has 1 rings (SSSR count). The molecule has 120 valence electrons. The van der Waals surface area contributed by atoms with Gasteiger partial charge >= 0.3 is 0 Å². The molecular formula is C16H27NO4. The fraction of sp³-hybridized carbons (Fsp3) is 0.750. The lowest BCUT2D eigenvalue weighted by molar-refractivity contribution is -0.118. The molecule has 0 radical (unpaired) electrons. The minimum absolute atomic E-state index is 0.0667. The fourth-order valence-corrected chi connectivity index (χ4v) is 2.35. The summed E-state index contributed by atoms with van der Waals surface area (Å²) in [5, 5.41) is 14.1. The Hall–Kier alpha value is -1.36. The van der Waals surface area contributed by atoms with Crippen LogP contribution in [0.15, 0.2) is 16.5 Å². The zero-order chi connectivity index (χ0) is 15.9. The zero-order valence-electron chi connectivity index (χ0n) is 13.6. The lowest BCUT2D eigenvalue weighted by atomic mass is 9.75. The van der Waals surface area contributed by atoms with Crippen molar-refractivity contribution in [3.63, 3.8) is 0 Å². The predicted molar refractivity (Wildman–Crippen MR) is 82.2 cm³/mol. The van der Waals surface area contributed by atoms with Crippen LogP contribution in [0, 0.1) is 5.41 Å². The van der Waals surface area contributed by atoms with Crippen molar-refractivity contribution in [1.82, 2.24) is 0 Å². The van der Waals surface area contributed by atoms with E-state index in [1.165, 1.54) is 0 Å². The lowest BCUT2D eigenvalue weighted by Gasteiger charge is -2.29. The topological polar surface area (TPSA) is 68.1 Å². The first kappa shape index (κ1) is 17.7. The van der Waals surface area contributed by atoms with Crippen LogP contribution in [0.25, 0.3) is 0 Å². The number of oxime groups is 1. The van der Waals surface area contributed by atoms with Gasteiger partial charge in [0.15, 0.2) is 5.78 Å². The van der Waals surface area contributed by atoms with Gasteiger partial charge in [0.25, 0.3) is 0 Å². The summed E-state index contributed by atoms with van der Waals surface area (Å²) in [6.45, 7) is 8.61. The number of carbonyl (C=O) groups is 1. The molecule has 0 spiro atoms. The van der Waals surface area contributed by atoms with Gasteiger partial charge in [0.2, 0.25) is 6.79 Å². The van der Waals surface area contributed by atoms with Gasteiger partial charge in [-0.25, -0.2) is 0 Å². The molecule has 0 bridgehead atoms. The molecule has 21 heavy (non-hydrogen) atoms. The monoisotopic (exact) mass is 297 g/mol. The van der Waals surface area contributed by atoms with Gasteiger partial charge < -0.3 is 14.7 Å². The van der Waals surface area contributed by atoms with Crippen molar-refractivity contribution in [2.75, 3.05) is 13.4 Å². The number of ether oxygens (including phenoxy) is 1. The zero-order valence-corrected chi connectivity index (χ0v) is 13.6. The van der Waals surface area contributed by atoms with Gasteiger partial charge in [0.1, 0.15) is 5.76 Å². The van der Waals surface area contributed by atoms with Crippen LogP contribution in [0.1, 0.15) is 59.8 Å². The van der Waals surface area contributed by atoms with Crippen molar-refractivity contribution >= 4 is 11.5 Å². The molecule has 0 aromatic rings. The number of Topliss-reactive ketones (excluding diaryl/α,β-unsaturated/α-hetero) is 1. The van der Waals surface area contributed by atoms with E-state index in [0.29, 0.717) is 37.2 Å². The smallest absolute Gasteiger partial charge is 0.216 e. The Morgan fingerprint density at radius 3 is 2.62 bits per heavy atom. The molecule has 0 fully saturated rings. The molecule has 5 nitrogen and oxygen atoms in total. The normalized spacial score (nSPS) is 19.0. The van der Waals surface area contributed by atoms with Gasteiger partial charge in [0, 0.05) is 12.8 Å². The second-order valence-corrected chi connectivity index (χ2v) is 6.16. The molecule has 5 heteroatoms. The third-order valence-electron chi connectivity index (χ3n) is 3.43. The summed E-state index contributed by atoms with van der Waals surface area (Å²) in [5.41, 5.74) is 0.616. The van der Waals surface area contributed by atoms with Crippen LogP contribution in [0.5, 0.6) is 0 Å². The van der Waals surface area contributed by atoms with E-state index in [1.54, 1.807) is 0 Å². The maximum Gasteiger partial charge on any atom is 0.216 e. The van der Waals surface area contributed by atoms with Crippen molar-refractivity contribution in [1.29, 1.82) is 0 Å². The predicted octanol–water partition coefficient (Wildman–Crippen LogP) is 3.74. The second kappa shape index (κ2) is 8.17. The maximum absolute atomic E-state index is 12.2. The third kappa shape index (κ3) is 5.50. The Morgan fingerprint density at radius 1 is 1.33 bits per heavy atom. The molecule has 0 aromatic heterocycles. The van der Waals surface area contributed by atoms with Crippen LogP contribution in [0.4, 0.5) is 0 Å². The van der Waals surface area contributed by atoms with Gasteiger partial charge in [-0.1, -0.05) is 39.3 Å². The highest BCUT2D eigenvalue weighted by atomic mass is 16.7. The number of hydrogen-bond donors (Lipinski definition) is 1. The number of carbonyl (C=O) groups excluding carboxylic acids is 1. The summed E-state index contributed by atoms with van der Waals surface area (Å²) in [5.74, 6) is 0.0483. The number of aliphatic hydroxyl groups is 1. The molecule has 0 heterocycles. The van der Waals surface area contributed by atoms with Crippen molar-refractivity contribution in [2.45, 2.75) is 59.8 Å². The Balaban J connectivity index is 2.68. The van der Waals surface area contributed by atoms with Crippen molar-refractivity contribution < 1.29 is 19.5 Å². The van der Waals surface area contributed by atoms with Gasteiger partial charge in [-0.05, 0) is 18.3 Å². The minimum atomic E-state index is -0.201. The number of ketones is 1. The number of unbranched alkanes of at least 4 members (excludes halogenated alkanes) is 1. The van der Waals surface area contributed by atoms with E-state index in [-0.39, 0.29) is 23.8 Å². The highest BCUT2D eigenvalue weighted by Gasteiger charge is 2.34. The number of hydrogen-bond acceptors (Lipinski definition) is 5. The molecular weight excluding hydrogens is 270 g/mol. The van der Waals surface area contributed by atoms with Crippen LogP contribution in [0.2, 0.25) is 0 Å². The number of nitrogens with zero attached hydrogens (tertiary/aromatic N) is 1. The van der Waals surface area contributed by atoms with Gasteiger partial charge in [-0.2, -0.15) is 0 Å². The van der Waals surface area contributed by atoms with E-state index in [9.17, 15) is 9.90 Å². The van der Waals surface area contributed by atoms with Gasteiger partial charge in [-0.15, -0.1) is 0 Å². The SMILES string of the molecule is CCCCOCON=C(CC)C1=C(O)CC(C)(C)CC1=O. The number of allylic oxidation sites excluding steroid dienone is 2. The van der Waals surface area contributed by atoms with E-state index < -0.39 is 0 Å². The maximum atomic E-state index is 12.2. The number of aliphatic hydroxyl groups excluding tert-OH is 1. The van der Waals surface area contributed by atoms with Crippen LogP contribution >= 0.6 is 0 Å². The molecule has 0 saturated heterocycles. The van der Waals surface area contributed by atoms with E-state index >= 15 is 0 Å². The molecule has 1 aliphatic carbocycles. The molecule has 0 aromatic carbocycles. The Kier molecular flexibility index (Phi) is 6.89. The van der Waals surface area contributed by atoms with Crippen LogP contribution < -0.4 is 0 Å². The molecule has 0 amide bonds. The molecule has 0 saturated carbocycles. The summed E-state index contributed by atoms with van der Waals surface area (Å²) in [4.78, 5) is 17.3. The molecule has 0 aliphatic heterocycles. The molecule has 1 N–H and O–H groups in total. The lowest BCUT2D eigenvalue weighted by Crippen LogP contribution is -2.29. The summed E-state index contributed by atoms with van der Waals surface area (Å²) in [7, 11) is 0. The van der Waals surface area contributed by atoms with Crippen molar-refractivity contribution in [2.24, 2.45) is 10.6 Å². The standard InChI is InChI=1S/C16H27NO4/c1-5-7-8-20-11-21-17-12(6-2)15-13(18)9-16(3,4)10-14(15)19/h18H,5-11H2,1-4H3. The molecule has 1 aliphatic rings. The highest BCUT2D eigenvalue weighted by molar-refractivity contribution is 6.23. The summed E-state index contributed by atoms with van der Waals surface area (Å²) in [6, 6.07) is 0. The van der Waals surface area contributed by atoms with Crippen LogP contribution in [-0.2, 0) is 14.4 Å².